The van der Waals surface area contributed by atoms with Crippen molar-refractivity contribution in [3.05, 3.63) is 75.9 Å². The van der Waals surface area contributed by atoms with Crippen LogP contribution in [0.2, 0.25) is 0 Å². The summed E-state index contributed by atoms with van der Waals surface area (Å²) >= 11 is 0. The maximum absolute atomic E-state index is 2.35. The van der Waals surface area contributed by atoms with E-state index in [1.807, 2.05) is 0 Å². The predicted octanol–water partition coefficient (Wildman–Crippen LogP) is 6.02. The zero-order valence-corrected chi connectivity index (χ0v) is 13.8. The van der Waals surface area contributed by atoms with E-state index in [2.05, 4.69) is 70.2 Å². The Labute approximate surface area is 133 Å². The molecule has 0 radical (unpaired) electrons. The minimum Gasteiger partial charge on any atom is -0.0629 e. The standard InChI is InChI=1S/C22H22/c1-13-14(2)16(4)22(15(13)3)20-11-7-10-19-18-9-6-5-8-17(18)12-21(19)20/h5-11,15H,12H2,1-4H3. The number of hydrogen-bond acceptors (Lipinski definition) is 0. The van der Waals surface area contributed by atoms with Gasteiger partial charge in [0.05, 0.1) is 0 Å². The van der Waals surface area contributed by atoms with Crippen LogP contribution in [-0.4, -0.2) is 0 Å². The lowest BCUT2D eigenvalue weighted by molar-refractivity contribution is 0.893. The average Bonchev–Trinajstić information content (AvgIpc) is 3.00. The van der Waals surface area contributed by atoms with E-state index in [4.69, 9.17) is 0 Å². The second-order valence-electron chi connectivity index (χ2n) is 6.73. The van der Waals surface area contributed by atoms with E-state index in [0.29, 0.717) is 5.92 Å². The van der Waals surface area contributed by atoms with Gasteiger partial charge in [0.1, 0.15) is 0 Å². The van der Waals surface area contributed by atoms with Crippen LogP contribution in [0.1, 0.15) is 44.4 Å². The topological polar surface area (TPSA) is 0 Å². The summed E-state index contributed by atoms with van der Waals surface area (Å²) in [4.78, 5) is 0. The van der Waals surface area contributed by atoms with E-state index >= 15 is 0 Å². The van der Waals surface area contributed by atoms with Crippen molar-refractivity contribution in [2.45, 2.75) is 34.1 Å². The van der Waals surface area contributed by atoms with Crippen molar-refractivity contribution < 1.29 is 0 Å². The molecule has 0 saturated heterocycles. The van der Waals surface area contributed by atoms with Crippen molar-refractivity contribution in [3.63, 3.8) is 0 Å². The highest BCUT2D eigenvalue weighted by Gasteiger charge is 2.29. The molecule has 0 spiro atoms. The summed E-state index contributed by atoms with van der Waals surface area (Å²) in [5.41, 5.74) is 13.3. The number of benzene rings is 2. The maximum Gasteiger partial charge on any atom is 0.00316 e. The van der Waals surface area contributed by atoms with Crippen molar-refractivity contribution in [1.29, 1.82) is 0 Å². The molecule has 0 N–H and O–H groups in total. The van der Waals surface area contributed by atoms with E-state index in [0.717, 1.165) is 6.42 Å². The molecule has 0 heteroatoms. The maximum atomic E-state index is 2.35. The third kappa shape index (κ3) is 1.70. The van der Waals surface area contributed by atoms with Gasteiger partial charge < -0.3 is 0 Å². The zero-order valence-electron chi connectivity index (χ0n) is 13.8. The van der Waals surface area contributed by atoms with E-state index < -0.39 is 0 Å². The summed E-state index contributed by atoms with van der Waals surface area (Å²) < 4.78 is 0. The molecule has 22 heavy (non-hydrogen) atoms. The van der Waals surface area contributed by atoms with Crippen LogP contribution >= 0.6 is 0 Å². The van der Waals surface area contributed by atoms with Crippen LogP contribution in [0.4, 0.5) is 0 Å². The van der Waals surface area contributed by atoms with Crippen LogP contribution in [0.5, 0.6) is 0 Å². The molecule has 1 unspecified atom stereocenters. The minimum atomic E-state index is 0.537. The molecule has 1 atom stereocenters. The highest BCUT2D eigenvalue weighted by Crippen LogP contribution is 2.47. The molecule has 2 aliphatic carbocycles. The molecule has 4 rings (SSSR count). The van der Waals surface area contributed by atoms with Crippen LogP contribution in [0.25, 0.3) is 16.7 Å². The van der Waals surface area contributed by atoms with Crippen molar-refractivity contribution in [3.8, 4) is 11.1 Å². The molecule has 2 aromatic rings. The van der Waals surface area contributed by atoms with Crippen LogP contribution in [0, 0.1) is 5.92 Å². The molecular weight excluding hydrogens is 264 g/mol. The number of rotatable bonds is 1. The Morgan fingerprint density at radius 3 is 2.18 bits per heavy atom. The second kappa shape index (κ2) is 4.71. The van der Waals surface area contributed by atoms with Gasteiger partial charge in [0, 0.05) is 5.92 Å². The second-order valence-corrected chi connectivity index (χ2v) is 6.73. The van der Waals surface area contributed by atoms with Crippen molar-refractivity contribution in [2.75, 3.05) is 0 Å². The van der Waals surface area contributed by atoms with Crippen LogP contribution < -0.4 is 0 Å². The molecule has 110 valence electrons. The lowest BCUT2D eigenvalue weighted by Gasteiger charge is -2.17. The zero-order chi connectivity index (χ0) is 15.4. The Balaban J connectivity index is 1.92. The first-order valence-corrected chi connectivity index (χ1v) is 8.18. The van der Waals surface area contributed by atoms with Gasteiger partial charge >= 0.3 is 0 Å². The Bertz CT molecular complexity index is 846. The fraction of sp³-hybridized carbons (Fsp3) is 0.273. The lowest BCUT2D eigenvalue weighted by atomic mass is 9.87. The first kappa shape index (κ1) is 13.6. The summed E-state index contributed by atoms with van der Waals surface area (Å²) in [5.74, 6) is 0.537. The van der Waals surface area contributed by atoms with Gasteiger partial charge in [-0.2, -0.15) is 0 Å². The number of allylic oxidation sites excluding steroid dienone is 4. The third-order valence-electron chi connectivity index (χ3n) is 5.78. The summed E-state index contributed by atoms with van der Waals surface area (Å²) in [6.45, 7) is 9.20. The molecule has 0 heterocycles. The Morgan fingerprint density at radius 2 is 1.45 bits per heavy atom. The van der Waals surface area contributed by atoms with Gasteiger partial charge in [-0.25, -0.2) is 0 Å². The summed E-state index contributed by atoms with van der Waals surface area (Å²) in [5, 5.41) is 0. The summed E-state index contributed by atoms with van der Waals surface area (Å²) in [7, 11) is 0. The van der Waals surface area contributed by atoms with E-state index in [9.17, 15) is 0 Å². The van der Waals surface area contributed by atoms with E-state index in [-0.39, 0.29) is 0 Å². The summed E-state index contributed by atoms with van der Waals surface area (Å²) in [6, 6.07) is 15.7. The Kier molecular flexibility index (Phi) is 2.91. The van der Waals surface area contributed by atoms with Crippen molar-refractivity contribution in [1.82, 2.24) is 0 Å². The molecule has 0 amide bonds. The van der Waals surface area contributed by atoms with Crippen molar-refractivity contribution >= 4 is 5.57 Å². The molecule has 0 aliphatic heterocycles. The normalized spacial score (nSPS) is 19.7. The molecule has 0 bridgehead atoms. The van der Waals surface area contributed by atoms with Gasteiger partial charge in [0.25, 0.3) is 0 Å². The fourth-order valence-electron chi connectivity index (χ4n) is 4.21. The quantitative estimate of drug-likeness (QED) is 0.513. The predicted molar refractivity (Wildman–Crippen MR) is 94.8 cm³/mol. The molecule has 2 aliphatic rings. The third-order valence-corrected chi connectivity index (χ3v) is 5.78. The van der Waals surface area contributed by atoms with E-state index in [1.165, 1.54) is 44.5 Å². The Hall–Kier alpha value is -2.08. The molecule has 0 aromatic heterocycles. The minimum absolute atomic E-state index is 0.537. The first-order valence-electron chi connectivity index (χ1n) is 8.18. The Morgan fingerprint density at radius 1 is 0.773 bits per heavy atom. The molecule has 2 aromatic carbocycles. The number of hydrogen-bond donors (Lipinski definition) is 0. The average molecular weight is 286 g/mol. The van der Waals surface area contributed by atoms with Gasteiger partial charge in [-0.3, -0.25) is 0 Å². The molecule has 0 fully saturated rings. The monoisotopic (exact) mass is 286 g/mol. The molecular formula is C22H22. The van der Waals surface area contributed by atoms with Gasteiger partial charge in [-0.05, 0) is 71.7 Å². The highest BCUT2D eigenvalue weighted by atomic mass is 14.3. The van der Waals surface area contributed by atoms with Crippen LogP contribution in [-0.2, 0) is 6.42 Å². The van der Waals surface area contributed by atoms with Gasteiger partial charge in [0.2, 0.25) is 0 Å². The highest BCUT2D eigenvalue weighted by molar-refractivity contribution is 5.87. The van der Waals surface area contributed by atoms with Crippen LogP contribution in [0.15, 0.2) is 59.2 Å². The lowest BCUT2D eigenvalue weighted by Crippen LogP contribution is -2.00. The number of fused-ring (bicyclic) bond motifs is 3. The molecule has 0 nitrogen and oxygen atoms in total. The largest absolute Gasteiger partial charge is 0.0629 e. The van der Waals surface area contributed by atoms with Crippen LogP contribution in [0.3, 0.4) is 0 Å². The van der Waals surface area contributed by atoms with E-state index in [1.54, 1.807) is 5.57 Å². The van der Waals surface area contributed by atoms with Gasteiger partial charge in [0.15, 0.2) is 0 Å². The summed E-state index contributed by atoms with van der Waals surface area (Å²) in [6.07, 6.45) is 1.07. The van der Waals surface area contributed by atoms with Crippen molar-refractivity contribution in [2.24, 2.45) is 5.92 Å². The van der Waals surface area contributed by atoms with Gasteiger partial charge in [-0.15, -0.1) is 0 Å². The SMILES string of the molecule is CC1=C(C)C(C)C(c2cccc3c2Cc2ccccc2-3)=C1C. The fourth-order valence-corrected chi connectivity index (χ4v) is 4.21. The smallest absolute Gasteiger partial charge is 0.00316 e. The molecule has 0 saturated carbocycles. The van der Waals surface area contributed by atoms with Gasteiger partial charge in [-0.1, -0.05) is 55.0 Å². The first-order chi connectivity index (χ1) is 10.6.